The number of nitrogens with zero attached hydrogens (tertiary/aromatic N) is 6. The molecular weight excluding hydrogens is 400 g/mol. The standard InChI is InChI=1S/C22H27F2N7/c1-15-9-19(26-20(10-15)29-5-7-30(8-6-29)22(2,3)4)27-21-25-14-31(28-21)18-12-16(23)11-17(24)13-18/h9-14H,5-8H2,1-4H3,(H,26,27,28). The zero-order valence-corrected chi connectivity index (χ0v) is 18.2. The quantitative estimate of drug-likeness (QED) is 0.681. The largest absolute Gasteiger partial charge is 0.354 e. The van der Waals surface area contributed by atoms with Crippen LogP contribution in [0, 0.1) is 18.6 Å². The Morgan fingerprint density at radius 3 is 2.26 bits per heavy atom. The third-order valence-corrected chi connectivity index (χ3v) is 5.35. The maximum atomic E-state index is 13.5. The Labute approximate surface area is 180 Å². The molecule has 0 radical (unpaired) electrons. The van der Waals surface area contributed by atoms with Gasteiger partial charge in [0.2, 0.25) is 5.95 Å². The molecule has 1 fully saturated rings. The Hall–Kier alpha value is -3.07. The highest BCUT2D eigenvalue weighted by molar-refractivity contribution is 5.55. The second-order valence-electron chi connectivity index (χ2n) is 8.80. The van der Waals surface area contributed by atoms with Gasteiger partial charge in [0, 0.05) is 37.8 Å². The van der Waals surface area contributed by atoms with Crippen LogP contribution in [0.2, 0.25) is 0 Å². The van der Waals surface area contributed by atoms with E-state index in [0.29, 0.717) is 11.8 Å². The Morgan fingerprint density at radius 2 is 1.61 bits per heavy atom. The highest BCUT2D eigenvalue weighted by Gasteiger charge is 2.26. The minimum Gasteiger partial charge on any atom is -0.354 e. The third kappa shape index (κ3) is 4.99. The smallest absolute Gasteiger partial charge is 0.248 e. The minimum absolute atomic E-state index is 0.161. The number of piperazine rings is 1. The normalized spacial score (nSPS) is 15.4. The van der Waals surface area contributed by atoms with Crippen LogP contribution in [0.15, 0.2) is 36.7 Å². The van der Waals surface area contributed by atoms with Crippen LogP contribution < -0.4 is 10.2 Å². The number of pyridine rings is 1. The average Bonchev–Trinajstić information content (AvgIpc) is 3.15. The van der Waals surface area contributed by atoms with Gasteiger partial charge in [0.1, 0.15) is 29.6 Å². The van der Waals surface area contributed by atoms with E-state index in [1.165, 1.54) is 23.1 Å². The maximum absolute atomic E-state index is 13.5. The van der Waals surface area contributed by atoms with E-state index >= 15 is 0 Å². The number of anilines is 3. The topological polar surface area (TPSA) is 62.1 Å². The van der Waals surface area contributed by atoms with E-state index in [9.17, 15) is 8.78 Å². The molecule has 9 heteroatoms. The fourth-order valence-electron chi connectivity index (χ4n) is 3.71. The Kier molecular flexibility index (Phi) is 5.62. The first-order valence-corrected chi connectivity index (χ1v) is 10.3. The fraction of sp³-hybridized carbons (Fsp3) is 0.409. The van der Waals surface area contributed by atoms with E-state index in [0.717, 1.165) is 43.6 Å². The molecule has 0 bridgehead atoms. The van der Waals surface area contributed by atoms with Gasteiger partial charge in [-0.05, 0) is 57.5 Å². The van der Waals surface area contributed by atoms with E-state index in [4.69, 9.17) is 4.98 Å². The molecule has 0 atom stereocenters. The summed E-state index contributed by atoms with van der Waals surface area (Å²) in [5.41, 5.74) is 1.48. The van der Waals surface area contributed by atoms with Crippen molar-refractivity contribution in [3.63, 3.8) is 0 Å². The van der Waals surface area contributed by atoms with Crippen LogP contribution in [0.25, 0.3) is 5.69 Å². The predicted molar refractivity (Wildman–Crippen MR) is 117 cm³/mol. The second kappa shape index (κ2) is 8.22. The molecule has 3 heterocycles. The van der Waals surface area contributed by atoms with Crippen molar-refractivity contribution in [3.05, 3.63) is 53.9 Å². The molecule has 164 valence electrons. The molecule has 4 rings (SSSR count). The summed E-state index contributed by atoms with van der Waals surface area (Å²) in [5.74, 6) is 0.485. The van der Waals surface area contributed by atoms with Gasteiger partial charge in [0.25, 0.3) is 0 Å². The van der Waals surface area contributed by atoms with Crippen LogP contribution in [-0.4, -0.2) is 56.4 Å². The van der Waals surface area contributed by atoms with Gasteiger partial charge in [-0.1, -0.05) is 0 Å². The van der Waals surface area contributed by atoms with Crippen molar-refractivity contribution in [2.75, 3.05) is 36.4 Å². The van der Waals surface area contributed by atoms with Gasteiger partial charge in [0.05, 0.1) is 5.69 Å². The Bertz CT molecular complexity index is 1050. The zero-order valence-electron chi connectivity index (χ0n) is 18.2. The summed E-state index contributed by atoms with van der Waals surface area (Å²) in [7, 11) is 0. The van der Waals surface area contributed by atoms with Gasteiger partial charge in [0.15, 0.2) is 0 Å². The summed E-state index contributed by atoms with van der Waals surface area (Å²) in [6, 6.07) is 7.19. The van der Waals surface area contributed by atoms with Gasteiger partial charge in [-0.25, -0.2) is 18.4 Å². The summed E-state index contributed by atoms with van der Waals surface area (Å²) in [6.45, 7) is 12.5. The summed E-state index contributed by atoms with van der Waals surface area (Å²) >= 11 is 0. The van der Waals surface area contributed by atoms with E-state index in [1.54, 1.807) is 0 Å². The van der Waals surface area contributed by atoms with Crippen molar-refractivity contribution in [1.29, 1.82) is 0 Å². The molecule has 2 aromatic heterocycles. The van der Waals surface area contributed by atoms with Crippen LogP contribution in [-0.2, 0) is 0 Å². The molecule has 3 aromatic rings. The SMILES string of the molecule is Cc1cc(Nc2ncn(-c3cc(F)cc(F)c3)n2)nc(N2CCN(C(C)(C)C)CC2)c1. The molecule has 31 heavy (non-hydrogen) atoms. The monoisotopic (exact) mass is 427 g/mol. The van der Waals surface area contributed by atoms with Crippen molar-refractivity contribution >= 4 is 17.6 Å². The lowest BCUT2D eigenvalue weighted by atomic mass is 10.0. The maximum Gasteiger partial charge on any atom is 0.248 e. The number of benzene rings is 1. The minimum atomic E-state index is -0.670. The number of aromatic nitrogens is 4. The number of aryl methyl sites for hydroxylation is 1. The molecule has 1 aliphatic rings. The number of nitrogens with one attached hydrogen (secondary N) is 1. The van der Waals surface area contributed by atoms with Crippen LogP contribution in [0.4, 0.5) is 26.4 Å². The lowest BCUT2D eigenvalue weighted by Gasteiger charge is -2.42. The molecule has 1 aromatic carbocycles. The van der Waals surface area contributed by atoms with Gasteiger partial charge in [-0.3, -0.25) is 4.90 Å². The fourth-order valence-corrected chi connectivity index (χ4v) is 3.71. The Balaban J connectivity index is 1.49. The van der Waals surface area contributed by atoms with Crippen LogP contribution in [0.1, 0.15) is 26.3 Å². The molecule has 0 unspecified atom stereocenters. The lowest BCUT2D eigenvalue weighted by molar-refractivity contribution is 0.128. The summed E-state index contributed by atoms with van der Waals surface area (Å²) in [6.07, 6.45) is 1.40. The van der Waals surface area contributed by atoms with Crippen molar-refractivity contribution in [1.82, 2.24) is 24.6 Å². The number of hydrogen-bond acceptors (Lipinski definition) is 6. The molecule has 1 N–H and O–H groups in total. The molecule has 0 spiro atoms. The summed E-state index contributed by atoms with van der Waals surface area (Å²) in [5, 5.41) is 7.37. The molecule has 0 saturated carbocycles. The summed E-state index contributed by atoms with van der Waals surface area (Å²) < 4.78 is 28.3. The number of hydrogen-bond donors (Lipinski definition) is 1. The molecule has 1 saturated heterocycles. The molecular formula is C22H27F2N7. The van der Waals surface area contributed by atoms with E-state index in [1.807, 2.05) is 13.0 Å². The molecule has 7 nitrogen and oxygen atoms in total. The summed E-state index contributed by atoms with van der Waals surface area (Å²) in [4.78, 5) is 13.7. The van der Waals surface area contributed by atoms with Crippen molar-refractivity contribution in [2.45, 2.75) is 33.2 Å². The first-order chi connectivity index (χ1) is 14.7. The second-order valence-corrected chi connectivity index (χ2v) is 8.80. The van der Waals surface area contributed by atoms with Crippen LogP contribution in [0.5, 0.6) is 0 Å². The zero-order chi connectivity index (χ0) is 22.2. The molecule has 0 aliphatic carbocycles. The highest BCUT2D eigenvalue weighted by atomic mass is 19.1. The molecule has 0 amide bonds. The van der Waals surface area contributed by atoms with E-state index in [-0.39, 0.29) is 11.2 Å². The van der Waals surface area contributed by atoms with Gasteiger partial charge in [-0.2, -0.15) is 4.98 Å². The third-order valence-electron chi connectivity index (χ3n) is 5.35. The van der Waals surface area contributed by atoms with Crippen LogP contribution >= 0.6 is 0 Å². The first kappa shape index (κ1) is 21.2. The predicted octanol–water partition coefficient (Wildman–Crippen LogP) is 3.91. The van der Waals surface area contributed by atoms with E-state index < -0.39 is 11.6 Å². The number of halogens is 2. The lowest BCUT2D eigenvalue weighted by Crippen LogP contribution is -2.53. The van der Waals surface area contributed by atoms with E-state index in [2.05, 4.69) is 52.0 Å². The first-order valence-electron chi connectivity index (χ1n) is 10.3. The average molecular weight is 428 g/mol. The van der Waals surface area contributed by atoms with Gasteiger partial charge >= 0.3 is 0 Å². The Morgan fingerprint density at radius 1 is 0.935 bits per heavy atom. The van der Waals surface area contributed by atoms with Gasteiger partial charge in [-0.15, -0.1) is 5.10 Å². The number of rotatable bonds is 4. The van der Waals surface area contributed by atoms with Gasteiger partial charge < -0.3 is 10.2 Å². The van der Waals surface area contributed by atoms with Crippen LogP contribution in [0.3, 0.4) is 0 Å². The molecule has 1 aliphatic heterocycles. The van der Waals surface area contributed by atoms with Crippen molar-refractivity contribution < 1.29 is 8.78 Å². The van der Waals surface area contributed by atoms with Crippen molar-refractivity contribution in [3.8, 4) is 5.69 Å². The van der Waals surface area contributed by atoms with Crippen molar-refractivity contribution in [2.24, 2.45) is 0 Å². The highest BCUT2D eigenvalue weighted by Crippen LogP contribution is 2.23.